The van der Waals surface area contributed by atoms with Crippen LogP contribution in [-0.4, -0.2) is 50.4 Å². The van der Waals surface area contributed by atoms with Crippen LogP contribution in [0.5, 0.6) is 0 Å². The van der Waals surface area contributed by atoms with E-state index in [0.717, 1.165) is 16.8 Å². The molecule has 1 unspecified atom stereocenters. The fraction of sp³-hybridized carbons (Fsp3) is 0.391. The van der Waals surface area contributed by atoms with Gasteiger partial charge in [-0.25, -0.2) is 14.5 Å². The van der Waals surface area contributed by atoms with Gasteiger partial charge in [-0.05, 0) is 64.3 Å². The maximum absolute atomic E-state index is 12.9. The molecule has 2 heterocycles. The van der Waals surface area contributed by atoms with E-state index in [2.05, 4.69) is 20.7 Å². The van der Waals surface area contributed by atoms with E-state index in [1.165, 1.54) is 0 Å². The number of aryl methyl sites for hydroxylation is 1. The van der Waals surface area contributed by atoms with Crippen LogP contribution in [0.25, 0.3) is 16.7 Å². The summed E-state index contributed by atoms with van der Waals surface area (Å²) in [5.74, 6) is 0.396. The van der Waals surface area contributed by atoms with Crippen molar-refractivity contribution in [2.24, 2.45) is 0 Å². The summed E-state index contributed by atoms with van der Waals surface area (Å²) < 4.78 is 7.09. The average Bonchev–Trinajstić information content (AvgIpc) is 3.06. The van der Waals surface area contributed by atoms with Gasteiger partial charge in [-0.2, -0.15) is 16.9 Å². The van der Waals surface area contributed by atoms with Crippen molar-refractivity contribution in [3.05, 3.63) is 48.3 Å². The number of fused-ring (bicyclic) bond motifs is 1. The van der Waals surface area contributed by atoms with Crippen molar-refractivity contribution in [1.29, 1.82) is 0 Å². The molecular weight excluding hydrogens is 426 g/mol. The van der Waals surface area contributed by atoms with Crippen molar-refractivity contribution in [1.82, 2.24) is 20.1 Å². The second kappa shape index (κ2) is 10.0. The average molecular weight is 456 g/mol. The van der Waals surface area contributed by atoms with Crippen LogP contribution in [-0.2, 0) is 9.53 Å². The van der Waals surface area contributed by atoms with E-state index in [0.29, 0.717) is 23.5 Å². The number of thioether (sulfide) groups is 1. The zero-order chi connectivity index (χ0) is 23.3. The van der Waals surface area contributed by atoms with Gasteiger partial charge in [-0.3, -0.25) is 4.79 Å². The van der Waals surface area contributed by atoms with Gasteiger partial charge in [0.05, 0.1) is 23.3 Å². The number of carbonyl (C=O) groups is 2. The van der Waals surface area contributed by atoms with Gasteiger partial charge in [0.2, 0.25) is 5.91 Å². The molecule has 9 heteroatoms. The fourth-order valence-electron chi connectivity index (χ4n) is 3.15. The number of hydrogen-bond acceptors (Lipinski definition) is 6. The van der Waals surface area contributed by atoms with Gasteiger partial charge < -0.3 is 15.4 Å². The summed E-state index contributed by atoms with van der Waals surface area (Å²) >= 11 is 1.60. The summed E-state index contributed by atoms with van der Waals surface area (Å²) in [6.07, 6.45) is 3.41. The predicted octanol–water partition coefficient (Wildman–Crippen LogP) is 4.31. The maximum atomic E-state index is 12.9. The topological polar surface area (TPSA) is 98.1 Å². The van der Waals surface area contributed by atoms with Gasteiger partial charge in [0, 0.05) is 5.39 Å². The number of ether oxygens (including phenoxy) is 1. The van der Waals surface area contributed by atoms with Crippen molar-refractivity contribution in [2.45, 2.75) is 45.8 Å². The molecule has 1 aromatic carbocycles. The van der Waals surface area contributed by atoms with Gasteiger partial charge in [-0.15, -0.1) is 0 Å². The van der Waals surface area contributed by atoms with Crippen molar-refractivity contribution >= 4 is 40.5 Å². The van der Waals surface area contributed by atoms with E-state index in [1.807, 2.05) is 49.6 Å². The molecule has 32 heavy (non-hydrogen) atoms. The smallest absolute Gasteiger partial charge is 0.408 e. The van der Waals surface area contributed by atoms with Crippen LogP contribution >= 0.6 is 11.8 Å². The molecule has 0 aliphatic rings. The lowest BCUT2D eigenvalue weighted by atomic mass is 10.2. The summed E-state index contributed by atoms with van der Waals surface area (Å²) in [6, 6.07) is 10.9. The summed E-state index contributed by atoms with van der Waals surface area (Å²) in [5, 5.41) is 11.0. The Morgan fingerprint density at radius 1 is 1.22 bits per heavy atom. The molecule has 0 fully saturated rings. The third kappa shape index (κ3) is 6.00. The van der Waals surface area contributed by atoms with Gasteiger partial charge in [0.1, 0.15) is 11.6 Å². The van der Waals surface area contributed by atoms with Gasteiger partial charge in [0.15, 0.2) is 5.65 Å². The molecule has 3 aromatic rings. The first-order chi connectivity index (χ1) is 15.2. The molecular formula is C23H29N5O3S. The van der Waals surface area contributed by atoms with E-state index in [1.54, 1.807) is 43.4 Å². The lowest BCUT2D eigenvalue weighted by molar-refractivity contribution is -0.118. The summed E-state index contributed by atoms with van der Waals surface area (Å²) in [6.45, 7) is 7.24. The highest BCUT2D eigenvalue weighted by Gasteiger charge is 2.24. The Balaban J connectivity index is 1.79. The summed E-state index contributed by atoms with van der Waals surface area (Å²) in [4.78, 5) is 29.7. The maximum Gasteiger partial charge on any atom is 0.408 e. The predicted molar refractivity (Wildman–Crippen MR) is 128 cm³/mol. The molecule has 3 rings (SSSR count). The monoisotopic (exact) mass is 455 g/mol. The van der Waals surface area contributed by atoms with Crippen LogP contribution in [0.1, 0.15) is 32.9 Å². The first-order valence-electron chi connectivity index (χ1n) is 10.4. The first-order valence-corrected chi connectivity index (χ1v) is 11.8. The highest BCUT2D eigenvalue weighted by molar-refractivity contribution is 7.98. The lowest BCUT2D eigenvalue weighted by Crippen LogP contribution is -2.46. The molecule has 0 aliphatic heterocycles. The molecule has 8 nitrogen and oxygen atoms in total. The number of carbonyl (C=O) groups excluding carboxylic acids is 2. The van der Waals surface area contributed by atoms with Crippen LogP contribution in [0.4, 0.5) is 10.5 Å². The van der Waals surface area contributed by atoms with Crippen LogP contribution < -0.4 is 10.6 Å². The Bertz CT molecular complexity index is 1090. The zero-order valence-electron chi connectivity index (χ0n) is 19.0. The molecule has 0 bridgehead atoms. The number of alkyl carbamates (subject to hydrolysis) is 1. The van der Waals surface area contributed by atoms with Gasteiger partial charge >= 0.3 is 6.09 Å². The highest BCUT2D eigenvalue weighted by Crippen LogP contribution is 2.23. The van der Waals surface area contributed by atoms with Crippen molar-refractivity contribution in [3.8, 4) is 5.69 Å². The quantitative estimate of drug-likeness (QED) is 0.551. The highest BCUT2D eigenvalue weighted by atomic mass is 32.2. The number of nitrogens with one attached hydrogen (secondary N) is 2. The van der Waals surface area contributed by atoms with E-state index < -0.39 is 17.7 Å². The molecule has 0 spiro atoms. The Labute approximate surface area is 192 Å². The van der Waals surface area contributed by atoms with Crippen molar-refractivity contribution in [2.75, 3.05) is 17.3 Å². The Morgan fingerprint density at radius 3 is 2.59 bits per heavy atom. The molecule has 0 saturated heterocycles. The Kier molecular flexibility index (Phi) is 7.40. The Hall–Kier alpha value is -3.07. The number of aromatic nitrogens is 3. The minimum Gasteiger partial charge on any atom is -0.444 e. The number of amides is 2. The minimum absolute atomic E-state index is 0.320. The van der Waals surface area contributed by atoms with Crippen LogP contribution in [0.3, 0.4) is 0 Å². The van der Waals surface area contributed by atoms with E-state index >= 15 is 0 Å². The second-order valence-corrected chi connectivity index (χ2v) is 9.38. The number of anilines is 1. The molecule has 2 amide bonds. The number of benzene rings is 1. The van der Waals surface area contributed by atoms with E-state index in [9.17, 15) is 9.59 Å². The molecule has 2 N–H and O–H groups in total. The third-order valence-corrected chi connectivity index (χ3v) is 5.24. The number of nitrogens with zero attached hydrogens (tertiary/aromatic N) is 3. The third-order valence-electron chi connectivity index (χ3n) is 4.59. The van der Waals surface area contributed by atoms with Gasteiger partial charge in [0.25, 0.3) is 0 Å². The summed E-state index contributed by atoms with van der Waals surface area (Å²) in [5.41, 5.74) is 2.32. The van der Waals surface area contributed by atoms with Crippen molar-refractivity contribution in [3.63, 3.8) is 0 Å². The number of hydrogen-bond donors (Lipinski definition) is 2. The molecule has 170 valence electrons. The lowest BCUT2D eigenvalue weighted by Gasteiger charge is -2.23. The molecule has 0 aliphatic carbocycles. The molecule has 1 atom stereocenters. The first kappa shape index (κ1) is 23.6. The van der Waals surface area contributed by atoms with E-state index in [-0.39, 0.29) is 5.91 Å². The molecule has 2 aromatic heterocycles. The van der Waals surface area contributed by atoms with Crippen LogP contribution in [0.15, 0.2) is 42.6 Å². The largest absolute Gasteiger partial charge is 0.444 e. The standard InChI is InChI=1S/C23H29N5O3S/c1-15-18-13-16(14-24-20(18)28(27-15)17-9-7-6-8-10-17)25-21(29)19(11-12-32-5)26-22(30)31-23(2,3)4/h6-10,13-14,19H,11-12H2,1-5H3,(H,25,29)(H,26,30). The molecule has 0 saturated carbocycles. The number of rotatable bonds is 7. The van der Waals surface area contributed by atoms with Gasteiger partial charge in [-0.1, -0.05) is 18.2 Å². The zero-order valence-corrected chi connectivity index (χ0v) is 19.8. The minimum atomic E-state index is -0.721. The van der Waals surface area contributed by atoms with E-state index in [4.69, 9.17) is 4.74 Å². The Morgan fingerprint density at radius 2 is 1.94 bits per heavy atom. The fourth-order valence-corrected chi connectivity index (χ4v) is 3.62. The number of pyridine rings is 1. The van der Waals surface area contributed by atoms with Crippen LogP contribution in [0, 0.1) is 6.92 Å². The summed E-state index contributed by atoms with van der Waals surface area (Å²) in [7, 11) is 0. The SMILES string of the molecule is CSCCC(NC(=O)OC(C)(C)C)C(=O)Nc1cnc2c(c1)c(C)nn2-c1ccccc1. The van der Waals surface area contributed by atoms with Crippen molar-refractivity contribution < 1.29 is 14.3 Å². The molecule has 0 radical (unpaired) electrons. The normalized spacial score (nSPS) is 12.4. The number of para-hydroxylation sites is 1. The second-order valence-electron chi connectivity index (χ2n) is 8.40. The van der Waals surface area contributed by atoms with Crippen LogP contribution in [0.2, 0.25) is 0 Å².